The Morgan fingerprint density at radius 3 is 2.94 bits per heavy atom. The van der Waals surface area contributed by atoms with Gasteiger partial charge in [-0.25, -0.2) is 9.78 Å². The third-order valence-electron chi connectivity index (χ3n) is 1.60. The molecule has 0 aliphatic carbocycles. The number of anilines is 1. The molecule has 0 saturated carbocycles. The number of halogens is 2. The highest BCUT2D eigenvalue weighted by Crippen LogP contribution is 2.19. The fourth-order valence-electron chi connectivity index (χ4n) is 0.888. The first-order valence-electron chi connectivity index (χ1n) is 4.74. The van der Waals surface area contributed by atoms with E-state index in [2.05, 4.69) is 32.9 Å². The van der Waals surface area contributed by atoms with Gasteiger partial charge in [0.05, 0.1) is 18.5 Å². The van der Waals surface area contributed by atoms with Crippen LogP contribution in [0.5, 0.6) is 0 Å². The van der Waals surface area contributed by atoms with Crippen LogP contribution in [0, 0.1) is 9.49 Å². The lowest BCUT2D eigenvalue weighted by Crippen LogP contribution is -2.17. The van der Waals surface area contributed by atoms with E-state index in [0.717, 1.165) is 3.57 Å². The molecule has 0 spiro atoms. The molecule has 0 aromatic carbocycles. The van der Waals surface area contributed by atoms with Crippen molar-refractivity contribution in [3.05, 3.63) is 21.0 Å². The zero-order valence-corrected chi connectivity index (χ0v) is 11.9. The molecule has 0 aliphatic rings. The molecule has 1 heterocycles. The Balaban J connectivity index is 2.56. The van der Waals surface area contributed by atoms with Gasteiger partial charge in [-0.3, -0.25) is 5.32 Å². The minimum absolute atomic E-state index is 0.313. The van der Waals surface area contributed by atoms with Gasteiger partial charge in [0.1, 0.15) is 5.15 Å². The van der Waals surface area contributed by atoms with Crippen LogP contribution in [0.4, 0.5) is 10.5 Å². The summed E-state index contributed by atoms with van der Waals surface area (Å²) in [5.74, 6) is 0.313. The Morgan fingerprint density at radius 2 is 2.38 bits per heavy atom. The molecule has 0 aliphatic heterocycles. The highest BCUT2D eigenvalue weighted by molar-refractivity contribution is 14.1. The number of carbonyl (C=O) groups is 1. The molecule has 88 valence electrons. The first-order valence-corrected chi connectivity index (χ1v) is 6.19. The van der Waals surface area contributed by atoms with Crippen molar-refractivity contribution in [1.82, 2.24) is 4.98 Å². The van der Waals surface area contributed by atoms with Crippen LogP contribution < -0.4 is 5.32 Å². The first-order chi connectivity index (χ1) is 7.49. The lowest BCUT2D eigenvalue weighted by atomic mass is 10.2. The van der Waals surface area contributed by atoms with Crippen molar-refractivity contribution in [1.29, 1.82) is 0 Å². The topological polar surface area (TPSA) is 51.2 Å². The minimum atomic E-state index is -0.476. The molecule has 1 amide bonds. The van der Waals surface area contributed by atoms with Crippen LogP contribution >= 0.6 is 34.2 Å². The minimum Gasteiger partial charge on any atom is -0.449 e. The second-order valence-corrected chi connectivity index (χ2v) is 5.15. The molecule has 0 fully saturated rings. The predicted octanol–water partition coefficient (Wildman–Crippen LogP) is 3.54. The van der Waals surface area contributed by atoms with Crippen LogP contribution in [0.3, 0.4) is 0 Å². The quantitative estimate of drug-likeness (QED) is 0.667. The molecule has 0 saturated heterocycles. The van der Waals surface area contributed by atoms with E-state index in [9.17, 15) is 4.79 Å². The summed E-state index contributed by atoms with van der Waals surface area (Å²) in [5, 5.41) is 3.00. The van der Waals surface area contributed by atoms with E-state index in [1.54, 1.807) is 6.07 Å². The Hall–Kier alpha value is -0.560. The Labute approximate surface area is 113 Å². The Kier molecular flexibility index (Phi) is 5.27. The standard InChI is InChI=1S/C10H12ClIN2O2/c1-6(2)5-16-10(15)14-8-4-13-9(11)3-7(8)12/h3-4,6H,5H2,1-2H3,(H,14,15). The van der Waals surface area contributed by atoms with E-state index in [1.165, 1.54) is 6.20 Å². The van der Waals surface area contributed by atoms with E-state index in [1.807, 2.05) is 13.8 Å². The van der Waals surface area contributed by atoms with Crippen LogP contribution in [0.2, 0.25) is 5.15 Å². The average molecular weight is 355 g/mol. The highest BCUT2D eigenvalue weighted by Gasteiger charge is 2.08. The summed E-state index contributed by atoms with van der Waals surface area (Å²) in [5.41, 5.74) is 0.596. The van der Waals surface area contributed by atoms with E-state index >= 15 is 0 Å². The molecular formula is C10H12ClIN2O2. The highest BCUT2D eigenvalue weighted by atomic mass is 127. The lowest BCUT2D eigenvalue weighted by Gasteiger charge is -2.09. The van der Waals surface area contributed by atoms with Crippen LogP contribution in [0.15, 0.2) is 12.3 Å². The number of hydrogen-bond acceptors (Lipinski definition) is 3. The van der Waals surface area contributed by atoms with Crippen molar-refractivity contribution in [2.24, 2.45) is 5.92 Å². The van der Waals surface area contributed by atoms with Crippen molar-refractivity contribution in [2.75, 3.05) is 11.9 Å². The first kappa shape index (κ1) is 13.5. The molecular weight excluding hydrogens is 342 g/mol. The molecule has 4 nitrogen and oxygen atoms in total. The maximum Gasteiger partial charge on any atom is 0.411 e. The van der Waals surface area contributed by atoms with Crippen molar-refractivity contribution in [3.63, 3.8) is 0 Å². The van der Waals surface area contributed by atoms with Gasteiger partial charge in [-0.05, 0) is 34.6 Å². The second kappa shape index (κ2) is 6.24. The number of amides is 1. The fraction of sp³-hybridized carbons (Fsp3) is 0.400. The van der Waals surface area contributed by atoms with Crippen LogP contribution in [-0.2, 0) is 4.74 Å². The molecule has 6 heteroatoms. The van der Waals surface area contributed by atoms with Gasteiger partial charge in [0, 0.05) is 3.57 Å². The molecule has 1 aromatic rings. The molecule has 0 bridgehead atoms. The van der Waals surface area contributed by atoms with Gasteiger partial charge in [0.15, 0.2) is 0 Å². The van der Waals surface area contributed by atoms with Crippen LogP contribution in [0.1, 0.15) is 13.8 Å². The van der Waals surface area contributed by atoms with Crippen LogP contribution in [-0.4, -0.2) is 17.7 Å². The van der Waals surface area contributed by atoms with Gasteiger partial charge in [0.25, 0.3) is 0 Å². The van der Waals surface area contributed by atoms with Gasteiger partial charge in [0.2, 0.25) is 0 Å². The van der Waals surface area contributed by atoms with Gasteiger partial charge < -0.3 is 4.74 Å². The number of hydrogen-bond donors (Lipinski definition) is 1. The summed E-state index contributed by atoms with van der Waals surface area (Å²) in [7, 11) is 0. The molecule has 0 radical (unpaired) electrons. The van der Waals surface area contributed by atoms with Crippen LogP contribution in [0.25, 0.3) is 0 Å². The largest absolute Gasteiger partial charge is 0.449 e. The number of nitrogens with zero attached hydrogens (tertiary/aromatic N) is 1. The smallest absolute Gasteiger partial charge is 0.411 e. The number of nitrogens with one attached hydrogen (secondary N) is 1. The van der Waals surface area contributed by atoms with Crippen molar-refractivity contribution in [3.8, 4) is 0 Å². The lowest BCUT2D eigenvalue weighted by molar-refractivity contribution is 0.147. The Bertz CT molecular complexity index is 385. The molecule has 16 heavy (non-hydrogen) atoms. The molecule has 0 unspecified atom stereocenters. The second-order valence-electron chi connectivity index (χ2n) is 3.60. The molecule has 1 N–H and O–H groups in total. The summed E-state index contributed by atoms with van der Waals surface area (Å²) in [4.78, 5) is 15.2. The average Bonchev–Trinajstić information content (AvgIpc) is 2.19. The number of pyridine rings is 1. The number of aromatic nitrogens is 1. The number of ether oxygens (including phenoxy) is 1. The summed E-state index contributed by atoms with van der Waals surface area (Å²) in [6.45, 7) is 4.34. The molecule has 1 rings (SSSR count). The third kappa shape index (κ3) is 4.52. The molecule has 1 aromatic heterocycles. The SMILES string of the molecule is CC(C)COC(=O)Nc1cnc(Cl)cc1I. The summed E-state index contributed by atoms with van der Waals surface area (Å²) in [6.07, 6.45) is 1.02. The number of carbonyl (C=O) groups excluding carboxylic acids is 1. The van der Waals surface area contributed by atoms with Crippen molar-refractivity contribution in [2.45, 2.75) is 13.8 Å². The normalized spacial score (nSPS) is 10.3. The predicted molar refractivity (Wildman–Crippen MR) is 71.8 cm³/mol. The van der Waals surface area contributed by atoms with Gasteiger partial charge in [-0.2, -0.15) is 0 Å². The van der Waals surface area contributed by atoms with Crippen molar-refractivity contribution >= 4 is 46.0 Å². The van der Waals surface area contributed by atoms with Gasteiger partial charge in [-0.15, -0.1) is 0 Å². The molecule has 0 atom stereocenters. The van der Waals surface area contributed by atoms with Gasteiger partial charge >= 0.3 is 6.09 Å². The zero-order chi connectivity index (χ0) is 12.1. The maximum absolute atomic E-state index is 11.4. The van der Waals surface area contributed by atoms with E-state index in [-0.39, 0.29) is 0 Å². The number of rotatable bonds is 3. The summed E-state index contributed by atoms with van der Waals surface area (Å²) >= 11 is 7.76. The summed E-state index contributed by atoms with van der Waals surface area (Å²) in [6, 6.07) is 1.67. The zero-order valence-electron chi connectivity index (χ0n) is 8.96. The third-order valence-corrected chi connectivity index (χ3v) is 2.70. The van der Waals surface area contributed by atoms with Crippen molar-refractivity contribution < 1.29 is 9.53 Å². The van der Waals surface area contributed by atoms with E-state index < -0.39 is 6.09 Å². The Morgan fingerprint density at radius 1 is 1.69 bits per heavy atom. The van der Waals surface area contributed by atoms with E-state index in [0.29, 0.717) is 23.4 Å². The van der Waals surface area contributed by atoms with E-state index in [4.69, 9.17) is 16.3 Å². The fourth-order valence-corrected chi connectivity index (χ4v) is 1.80. The van der Waals surface area contributed by atoms with Gasteiger partial charge in [-0.1, -0.05) is 25.4 Å². The monoisotopic (exact) mass is 354 g/mol. The maximum atomic E-state index is 11.4. The summed E-state index contributed by atoms with van der Waals surface area (Å²) < 4.78 is 5.80.